The first-order valence-corrected chi connectivity index (χ1v) is 6.30. The number of ether oxygens (including phenoxy) is 2. The van der Waals surface area contributed by atoms with Gasteiger partial charge >= 0.3 is 6.18 Å². The molecule has 5 nitrogen and oxygen atoms in total. The molecule has 0 radical (unpaired) electrons. The molecule has 120 valence electrons. The Morgan fingerprint density at radius 1 is 1.19 bits per heavy atom. The number of hydrogen-bond acceptors (Lipinski definition) is 5. The predicted molar refractivity (Wildman–Crippen MR) is 73.1 cm³/mol. The lowest BCUT2D eigenvalue weighted by Crippen LogP contribution is -2.49. The van der Waals surface area contributed by atoms with Crippen LogP contribution in [0.5, 0.6) is 11.5 Å². The average molecular weight is 307 g/mol. The van der Waals surface area contributed by atoms with Crippen LogP contribution in [0.4, 0.5) is 13.2 Å². The van der Waals surface area contributed by atoms with Gasteiger partial charge in [-0.1, -0.05) is 6.07 Å². The Balaban J connectivity index is 2.89. The van der Waals surface area contributed by atoms with E-state index in [-0.39, 0.29) is 6.42 Å². The first kappa shape index (κ1) is 17.5. The zero-order valence-corrected chi connectivity index (χ0v) is 12.1. The fourth-order valence-corrected chi connectivity index (χ4v) is 1.92. The van der Waals surface area contributed by atoms with Gasteiger partial charge in [-0.3, -0.25) is 5.43 Å². The Hall–Kier alpha value is -1.51. The second-order valence-electron chi connectivity index (χ2n) is 4.45. The normalized spacial score (nSPS) is 14.6. The third-order valence-electron chi connectivity index (χ3n) is 3.04. The van der Waals surface area contributed by atoms with E-state index in [2.05, 4.69) is 10.9 Å². The molecule has 1 aromatic rings. The van der Waals surface area contributed by atoms with Gasteiger partial charge in [0.25, 0.3) is 0 Å². The van der Waals surface area contributed by atoms with Gasteiger partial charge in [-0.25, -0.2) is 5.43 Å². The second kappa shape index (κ2) is 7.48. The van der Waals surface area contributed by atoms with Gasteiger partial charge in [-0.2, -0.15) is 13.2 Å². The molecule has 0 bridgehead atoms. The zero-order valence-electron chi connectivity index (χ0n) is 12.1. The molecule has 0 aliphatic heterocycles. The lowest BCUT2D eigenvalue weighted by molar-refractivity contribution is -0.160. The van der Waals surface area contributed by atoms with Gasteiger partial charge < -0.3 is 15.2 Å². The third kappa shape index (κ3) is 4.76. The zero-order chi connectivity index (χ0) is 16.0. The van der Waals surface area contributed by atoms with Crippen molar-refractivity contribution in [1.82, 2.24) is 10.9 Å². The fraction of sp³-hybridized carbons (Fsp3) is 0.538. The highest BCUT2D eigenvalue weighted by atomic mass is 19.4. The van der Waals surface area contributed by atoms with E-state index in [1.807, 2.05) is 0 Å². The first-order valence-electron chi connectivity index (χ1n) is 6.30. The van der Waals surface area contributed by atoms with E-state index in [0.717, 1.165) is 0 Å². The van der Waals surface area contributed by atoms with Crippen molar-refractivity contribution in [3.05, 3.63) is 23.8 Å². The summed E-state index contributed by atoms with van der Waals surface area (Å²) in [5.74, 6) is 0.921. The molecule has 0 aliphatic rings. The highest BCUT2D eigenvalue weighted by molar-refractivity contribution is 5.43. The van der Waals surface area contributed by atoms with Gasteiger partial charge in [0.05, 0.1) is 14.2 Å². The predicted octanol–water partition coefficient (Wildman–Crippen LogP) is 1.75. The van der Waals surface area contributed by atoms with Crippen LogP contribution in [0.1, 0.15) is 18.0 Å². The smallest absolute Gasteiger partial charge is 0.405 e. The molecule has 0 saturated heterocycles. The van der Waals surface area contributed by atoms with E-state index in [1.54, 1.807) is 18.2 Å². The van der Waals surface area contributed by atoms with Crippen molar-refractivity contribution in [1.29, 1.82) is 0 Å². The van der Waals surface area contributed by atoms with E-state index in [9.17, 15) is 13.2 Å². The SMILES string of the molecule is CNNC(CC(N)c1ccc(OC)c(OC)c1)C(F)(F)F. The number of nitrogens with one attached hydrogen (secondary N) is 2. The Morgan fingerprint density at radius 2 is 1.81 bits per heavy atom. The van der Waals surface area contributed by atoms with Crippen molar-refractivity contribution >= 4 is 0 Å². The van der Waals surface area contributed by atoms with E-state index in [0.29, 0.717) is 17.1 Å². The number of nitrogens with two attached hydrogens (primary N) is 1. The van der Waals surface area contributed by atoms with Gasteiger partial charge in [-0.15, -0.1) is 0 Å². The van der Waals surface area contributed by atoms with E-state index >= 15 is 0 Å². The summed E-state index contributed by atoms with van der Waals surface area (Å²) in [7, 11) is 4.31. The number of hydrazine groups is 1. The van der Waals surface area contributed by atoms with Crippen molar-refractivity contribution in [3.8, 4) is 11.5 Å². The number of benzene rings is 1. The molecule has 1 aromatic carbocycles. The Kier molecular flexibility index (Phi) is 6.25. The first-order chi connectivity index (χ1) is 9.83. The van der Waals surface area contributed by atoms with Gasteiger partial charge in [0.2, 0.25) is 0 Å². The number of alkyl halides is 3. The van der Waals surface area contributed by atoms with E-state index in [1.165, 1.54) is 21.3 Å². The lowest BCUT2D eigenvalue weighted by atomic mass is 9.99. The standard InChI is InChI=1S/C13H20F3N3O2/c1-18-19-12(13(14,15)16)7-9(17)8-4-5-10(20-2)11(6-8)21-3/h4-6,9,12,18-19H,7,17H2,1-3H3. The second-order valence-corrected chi connectivity index (χ2v) is 4.45. The summed E-state index contributed by atoms with van der Waals surface area (Å²) in [5, 5.41) is 0. The molecule has 0 heterocycles. The number of hydrogen-bond donors (Lipinski definition) is 3. The van der Waals surface area contributed by atoms with Crippen LogP contribution in [0.15, 0.2) is 18.2 Å². The summed E-state index contributed by atoms with van der Waals surface area (Å²) in [6, 6.07) is 2.28. The molecule has 1 rings (SSSR count). The molecule has 21 heavy (non-hydrogen) atoms. The van der Waals surface area contributed by atoms with Crippen LogP contribution < -0.4 is 26.1 Å². The molecule has 4 N–H and O–H groups in total. The van der Waals surface area contributed by atoms with E-state index < -0.39 is 18.3 Å². The number of rotatable bonds is 7. The van der Waals surface area contributed by atoms with Gasteiger partial charge in [-0.05, 0) is 31.2 Å². The molecular weight excluding hydrogens is 287 g/mol. The minimum atomic E-state index is -4.39. The van der Waals surface area contributed by atoms with Crippen LogP contribution in [-0.4, -0.2) is 33.5 Å². The summed E-state index contributed by atoms with van der Waals surface area (Å²) >= 11 is 0. The monoisotopic (exact) mass is 307 g/mol. The van der Waals surface area contributed by atoms with Crippen LogP contribution in [-0.2, 0) is 0 Å². The van der Waals surface area contributed by atoms with Crippen LogP contribution in [0.25, 0.3) is 0 Å². The minimum Gasteiger partial charge on any atom is -0.493 e. The Bertz CT molecular complexity index is 455. The summed E-state index contributed by atoms with van der Waals surface area (Å²) < 4.78 is 48.7. The Labute approximate surface area is 121 Å². The summed E-state index contributed by atoms with van der Waals surface area (Å²) in [5.41, 5.74) is 10.9. The molecule has 2 atom stereocenters. The molecule has 0 fully saturated rings. The maximum atomic E-state index is 12.8. The van der Waals surface area contributed by atoms with Crippen molar-refractivity contribution in [2.24, 2.45) is 5.73 Å². The topological polar surface area (TPSA) is 68.5 Å². The van der Waals surface area contributed by atoms with Crippen molar-refractivity contribution < 1.29 is 22.6 Å². The fourth-order valence-electron chi connectivity index (χ4n) is 1.92. The van der Waals surface area contributed by atoms with Crippen LogP contribution in [0.3, 0.4) is 0 Å². The quantitative estimate of drug-likeness (QED) is 0.670. The Morgan fingerprint density at radius 3 is 2.29 bits per heavy atom. The van der Waals surface area contributed by atoms with Gasteiger partial charge in [0.15, 0.2) is 11.5 Å². The summed E-state index contributed by atoms with van der Waals surface area (Å²) in [4.78, 5) is 0. The molecule has 0 aliphatic carbocycles. The van der Waals surface area contributed by atoms with Crippen LogP contribution in [0.2, 0.25) is 0 Å². The van der Waals surface area contributed by atoms with Crippen molar-refractivity contribution in [2.45, 2.75) is 24.7 Å². The molecule has 8 heteroatoms. The van der Waals surface area contributed by atoms with Crippen LogP contribution in [0, 0.1) is 0 Å². The van der Waals surface area contributed by atoms with Crippen LogP contribution >= 0.6 is 0 Å². The highest BCUT2D eigenvalue weighted by Crippen LogP contribution is 2.32. The molecule has 2 unspecified atom stereocenters. The summed E-state index contributed by atoms with van der Waals surface area (Å²) in [6.45, 7) is 0. The minimum absolute atomic E-state index is 0.306. The number of methoxy groups -OCH3 is 2. The third-order valence-corrected chi connectivity index (χ3v) is 3.04. The maximum absolute atomic E-state index is 12.8. The largest absolute Gasteiger partial charge is 0.493 e. The van der Waals surface area contributed by atoms with E-state index in [4.69, 9.17) is 15.2 Å². The van der Waals surface area contributed by atoms with Crippen molar-refractivity contribution in [3.63, 3.8) is 0 Å². The van der Waals surface area contributed by atoms with Gasteiger partial charge in [0, 0.05) is 6.04 Å². The lowest BCUT2D eigenvalue weighted by Gasteiger charge is -2.24. The average Bonchev–Trinajstić information content (AvgIpc) is 2.44. The highest BCUT2D eigenvalue weighted by Gasteiger charge is 2.40. The molecule has 0 saturated carbocycles. The van der Waals surface area contributed by atoms with Gasteiger partial charge in [0.1, 0.15) is 6.04 Å². The van der Waals surface area contributed by atoms with Crippen molar-refractivity contribution in [2.75, 3.05) is 21.3 Å². The maximum Gasteiger partial charge on any atom is 0.405 e. The summed E-state index contributed by atoms with van der Waals surface area (Å²) in [6.07, 6.45) is -4.70. The molecule has 0 aromatic heterocycles. The molecular formula is C13H20F3N3O2. The molecule has 0 spiro atoms. The molecule has 0 amide bonds. The number of halogens is 3.